The molecule has 2 nitrogen and oxygen atoms in total. The molecule has 3 fully saturated rings. The third kappa shape index (κ3) is 10.3. The lowest BCUT2D eigenvalue weighted by Crippen LogP contribution is -2.46. The van der Waals surface area contributed by atoms with Gasteiger partial charge >= 0.3 is 0 Å². The number of fused-ring (bicyclic) bond motifs is 2. The minimum Gasteiger partial charge on any atom is -0.299 e. The average molecular weight is 639 g/mol. The van der Waals surface area contributed by atoms with E-state index in [1.807, 2.05) is 11.3 Å². The van der Waals surface area contributed by atoms with Gasteiger partial charge in [0.05, 0.1) is 5.92 Å². The van der Waals surface area contributed by atoms with Gasteiger partial charge in [0.15, 0.2) is 0 Å². The molecule has 0 radical (unpaired) electrons. The van der Waals surface area contributed by atoms with Gasteiger partial charge in [-0.2, -0.15) is 0 Å². The predicted octanol–water partition coefficient (Wildman–Crippen LogP) is 13.1. The van der Waals surface area contributed by atoms with Crippen LogP contribution in [0.3, 0.4) is 0 Å². The van der Waals surface area contributed by atoms with Crippen molar-refractivity contribution in [3.8, 4) is 0 Å². The Morgan fingerprint density at radius 2 is 1.00 bits per heavy atom. The van der Waals surface area contributed by atoms with E-state index in [0.717, 1.165) is 12.8 Å². The van der Waals surface area contributed by atoms with Crippen molar-refractivity contribution in [2.45, 2.75) is 188 Å². The first-order valence-electron chi connectivity index (χ1n) is 20.1. The summed E-state index contributed by atoms with van der Waals surface area (Å²) in [6.45, 7) is 8.96. The smallest absolute Gasteiger partial charge is 0.144 e. The lowest BCUT2D eigenvalue weighted by atomic mass is 9.56. The van der Waals surface area contributed by atoms with Gasteiger partial charge in [0.2, 0.25) is 0 Å². The lowest BCUT2D eigenvalue weighted by molar-refractivity contribution is -0.135. The highest BCUT2D eigenvalue weighted by Crippen LogP contribution is 2.61. The topological polar surface area (TPSA) is 34.1 Å². The van der Waals surface area contributed by atoms with Crippen LogP contribution in [-0.2, 0) is 9.59 Å². The zero-order valence-electron chi connectivity index (χ0n) is 30.0. The second-order valence-electron chi connectivity index (χ2n) is 15.8. The van der Waals surface area contributed by atoms with Gasteiger partial charge in [0, 0.05) is 27.5 Å². The molecule has 3 aliphatic carbocycles. The number of aryl methyl sites for hydroxylation is 1. The fraction of sp³-hybridized carbons (Fsp3) is 0.857. The number of unbranched alkanes of at least 4 members (excludes halogenated alkanes) is 18. The Balaban J connectivity index is 1.36. The molecular formula is C42H70O2S. The molecule has 0 amide bonds. The molecule has 0 bridgehead atoms. The maximum atomic E-state index is 14.4. The molecule has 1 heterocycles. The van der Waals surface area contributed by atoms with E-state index in [1.54, 1.807) is 0 Å². The van der Waals surface area contributed by atoms with Crippen molar-refractivity contribution in [1.29, 1.82) is 0 Å². The maximum Gasteiger partial charge on any atom is 0.144 e. The van der Waals surface area contributed by atoms with E-state index >= 15 is 0 Å². The van der Waals surface area contributed by atoms with E-state index in [1.165, 1.54) is 151 Å². The second-order valence-corrected chi connectivity index (χ2v) is 17.1. The SMILES string of the molecule is CCCCCCCCCCCCC1C2CC(c3ccc(C)s3)C(=O)C2C(CCCCCCCCCCCC)C2CC(C)C(=O)C21. The third-order valence-corrected chi connectivity index (χ3v) is 13.6. The number of thiophene rings is 1. The lowest BCUT2D eigenvalue weighted by Gasteiger charge is -2.46. The summed E-state index contributed by atoms with van der Waals surface area (Å²) in [4.78, 5) is 30.9. The maximum absolute atomic E-state index is 14.4. The van der Waals surface area contributed by atoms with Crippen LogP contribution >= 0.6 is 11.3 Å². The van der Waals surface area contributed by atoms with E-state index in [2.05, 4.69) is 39.8 Å². The van der Waals surface area contributed by atoms with Gasteiger partial charge in [0.25, 0.3) is 0 Å². The molecule has 0 N–H and O–H groups in total. The molecule has 45 heavy (non-hydrogen) atoms. The van der Waals surface area contributed by atoms with Gasteiger partial charge in [-0.3, -0.25) is 9.59 Å². The summed E-state index contributed by atoms with van der Waals surface area (Å²) in [5.41, 5.74) is 0. The Morgan fingerprint density at radius 1 is 0.578 bits per heavy atom. The number of Topliss-reactive ketones (excluding diaryl/α,β-unsaturated/α-hetero) is 2. The first-order valence-corrected chi connectivity index (χ1v) is 20.9. The zero-order valence-corrected chi connectivity index (χ0v) is 30.8. The first-order chi connectivity index (χ1) is 22.0. The first kappa shape index (κ1) is 36.9. The van der Waals surface area contributed by atoms with Crippen LogP contribution in [0.4, 0.5) is 0 Å². The zero-order chi connectivity index (χ0) is 32.0. The summed E-state index contributed by atoms with van der Waals surface area (Å²) in [6.07, 6.45) is 31.5. The van der Waals surface area contributed by atoms with Crippen LogP contribution in [0.5, 0.6) is 0 Å². The number of hydrogen-bond donors (Lipinski definition) is 0. The summed E-state index contributed by atoms with van der Waals surface area (Å²) in [6, 6.07) is 4.44. The third-order valence-electron chi connectivity index (χ3n) is 12.5. The molecule has 0 aliphatic heterocycles. The molecule has 8 atom stereocenters. The molecule has 3 heteroatoms. The average Bonchev–Trinajstić information content (AvgIpc) is 3.70. The molecule has 4 rings (SSSR count). The minimum atomic E-state index is 0.0791. The number of carbonyl (C=O) groups is 2. The number of ketones is 2. The van der Waals surface area contributed by atoms with Crippen LogP contribution in [0.25, 0.3) is 0 Å². The summed E-state index contributed by atoms with van der Waals surface area (Å²) in [7, 11) is 0. The van der Waals surface area contributed by atoms with Crippen LogP contribution in [0.1, 0.15) is 191 Å². The molecule has 1 aromatic heterocycles. The molecule has 1 aromatic rings. The predicted molar refractivity (Wildman–Crippen MR) is 194 cm³/mol. The van der Waals surface area contributed by atoms with Crippen molar-refractivity contribution in [3.05, 3.63) is 21.9 Å². The number of hydrogen-bond acceptors (Lipinski definition) is 3. The van der Waals surface area contributed by atoms with Crippen molar-refractivity contribution in [3.63, 3.8) is 0 Å². The van der Waals surface area contributed by atoms with Crippen LogP contribution < -0.4 is 0 Å². The molecule has 3 saturated carbocycles. The monoisotopic (exact) mass is 639 g/mol. The number of carbonyl (C=O) groups excluding carboxylic acids is 2. The van der Waals surface area contributed by atoms with Gasteiger partial charge in [-0.1, -0.05) is 149 Å². The van der Waals surface area contributed by atoms with Crippen molar-refractivity contribution >= 4 is 22.9 Å². The molecule has 3 aliphatic rings. The highest BCUT2D eigenvalue weighted by Gasteiger charge is 2.61. The Bertz CT molecular complexity index is 973. The molecule has 8 unspecified atom stereocenters. The van der Waals surface area contributed by atoms with Gasteiger partial charge < -0.3 is 0 Å². The van der Waals surface area contributed by atoms with E-state index in [0.29, 0.717) is 35.2 Å². The van der Waals surface area contributed by atoms with E-state index < -0.39 is 0 Å². The van der Waals surface area contributed by atoms with Crippen LogP contribution in [0, 0.1) is 48.3 Å². The van der Waals surface area contributed by atoms with Crippen molar-refractivity contribution in [1.82, 2.24) is 0 Å². The normalized spacial score (nSPS) is 29.4. The fourth-order valence-corrected chi connectivity index (χ4v) is 11.1. The van der Waals surface area contributed by atoms with Gasteiger partial charge in [0.1, 0.15) is 11.6 Å². The molecule has 0 aromatic carbocycles. The Kier molecular flexibility index (Phi) is 16.2. The molecule has 0 saturated heterocycles. The van der Waals surface area contributed by atoms with Gasteiger partial charge in [-0.05, 0) is 68.4 Å². The van der Waals surface area contributed by atoms with E-state index in [-0.39, 0.29) is 23.7 Å². The largest absolute Gasteiger partial charge is 0.299 e. The summed E-state index contributed by atoms with van der Waals surface area (Å²) < 4.78 is 0. The standard InChI is InChI=1S/C42H70O2S/c1-5-7-9-11-13-15-17-19-21-23-25-33-35-29-31(3)41(43)39(35)34(26-24-22-20-18-16-14-12-10-8-6-2)36-30-37(42(44)40(33)36)38-28-27-32(4)45-38/h27-28,31,33-37,39-40H,5-26,29-30H2,1-4H3. The van der Waals surface area contributed by atoms with Crippen LogP contribution in [0.2, 0.25) is 0 Å². The second kappa shape index (κ2) is 19.8. The minimum absolute atomic E-state index is 0.0791. The fourth-order valence-electron chi connectivity index (χ4n) is 10.1. The van der Waals surface area contributed by atoms with Crippen molar-refractivity contribution < 1.29 is 9.59 Å². The summed E-state index contributed by atoms with van der Waals surface area (Å²) in [5.74, 6) is 3.55. The van der Waals surface area contributed by atoms with E-state index in [9.17, 15) is 9.59 Å². The highest BCUT2D eigenvalue weighted by molar-refractivity contribution is 7.12. The van der Waals surface area contributed by atoms with Gasteiger partial charge in [-0.25, -0.2) is 0 Å². The Hall–Kier alpha value is -0.960. The van der Waals surface area contributed by atoms with Crippen LogP contribution in [0.15, 0.2) is 12.1 Å². The highest BCUT2D eigenvalue weighted by atomic mass is 32.1. The van der Waals surface area contributed by atoms with Crippen LogP contribution in [-0.4, -0.2) is 11.6 Å². The summed E-state index contributed by atoms with van der Waals surface area (Å²) in [5, 5.41) is 0. The molecular weight excluding hydrogens is 569 g/mol. The summed E-state index contributed by atoms with van der Waals surface area (Å²) >= 11 is 1.84. The van der Waals surface area contributed by atoms with Crippen molar-refractivity contribution in [2.75, 3.05) is 0 Å². The van der Waals surface area contributed by atoms with Gasteiger partial charge in [-0.15, -0.1) is 11.3 Å². The van der Waals surface area contributed by atoms with Crippen molar-refractivity contribution in [2.24, 2.45) is 41.4 Å². The quantitative estimate of drug-likeness (QED) is 0.112. The molecule has 256 valence electrons. The Morgan fingerprint density at radius 3 is 1.44 bits per heavy atom. The molecule has 0 spiro atoms. The Labute approximate surface area is 282 Å². The number of rotatable bonds is 23. The van der Waals surface area contributed by atoms with E-state index in [4.69, 9.17) is 0 Å².